The summed E-state index contributed by atoms with van der Waals surface area (Å²) in [5.41, 5.74) is 2.58. The lowest BCUT2D eigenvalue weighted by Crippen LogP contribution is -2.26. The van der Waals surface area contributed by atoms with Crippen molar-refractivity contribution >= 4 is 27.7 Å². The monoisotopic (exact) mass is 352 g/mol. The van der Waals surface area contributed by atoms with Gasteiger partial charge < -0.3 is 5.11 Å². The molecule has 0 radical (unpaired) electrons. The van der Waals surface area contributed by atoms with Gasteiger partial charge in [0.1, 0.15) is 0 Å². The number of rotatable bonds is 4. The van der Waals surface area contributed by atoms with Crippen LogP contribution in [0.2, 0.25) is 0 Å². The van der Waals surface area contributed by atoms with Gasteiger partial charge >= 0.3 is 5.97 Å². The summed E-state index contributed by atoms with van der Waals surface area (Å²) in [6, 6.07) is 3.81. The van der Waals surface area contributed by atoms with E-state index in [1.807, 2.05) is 26.0 Å². The first-order chi connectivity index (χ1) is 9.85. The molecular weight excluding hydrogens is 332 g/mol. The van der Waals surface area contributed by atoms with Gasteiger partial charge in [0.2, 0.25) is 0 Å². The van der Waals surface area contributed by atoms with Gasteiger partial charge in [0, 0.05) is 16.0 Å². The summed E-state index contributed by atoms with van der Waals surface area (Å²) in [5.74, 6) is -1.42. The maximum absolute atomic E-state index is 12.8. The first kappa shape index (κ1) is 16.2. The van der Waals surface area contributed by atoms with Gasteiger partial charge in [-0.2, -0.15) is 0 Å². The molecule has 21 heavy (non-hydrogen) atoms. The van der Waals surface area contributed by atoms with E-state index < -0.39 is 11.9 Å². The van der Waals surface area contributed by atoms with Crippen LogP contribution in [0.4, 0.5) is 0 Å². The number of carbonyl (C=O) groups excluding carboxylic acids is 1. The van der Waals surface area contributed by atoms with Crippen LogP contribution in [0, 0.1) is 31.6 Å². The Hall–Kier alpha value is -1.16. The highest BCUT2D eigenvalue weighted by atomic mass is 79.9. The Morgan fingerprint density at radius 2 is 1.81 bits per heavy atom. The van der Waals surface area contributed by atoms with Crippen molar-refractivity contribution in [1.29, 1.82) is 0 Å². The molecule has 1 aliphatic carbocycles. The number of carboxylic acid groups (broad SMARTS) is 1. The van der Waals surface area contributed by atoms with Crippen molar-refractivity contribution in [2.24, 2.45) is 17.8 Å². The molecule has 0 bridgehead atoms. The van der Waals surface area contributed by atoms with Crippen LogP contribution in [-0.4, -0.2) is 16.9 Å². The zero-order chi connectivity index (χ0) is 15.7. The van der Waals surface area contributed by atoms with Gasteiger partial charge in [-0.25, -0.2) is 0 Å². The number of halogens is 1. The van der Waals surface area contributed by atoms with Gasteiger partial charge in [-0.3, -0.25) is 9.59 Å². The topological polar surface area (TPSA) is 54.4 Å². The standard InChI is InChI=1S/C17H21BrO3/c1-4-11-7-13(14(8-11)17(20)21)16(19)12-5-10(3)15(18)6-9(12)2/h5-6,11,13-14H,4,7-8H2,1-3H3,(H,20,21). The molecule has 1 aliphatic rings. The maximum Gasteiger partial charge on any atom is 0.307 e. The molecular formula is C17H21BrO3. The number of hydrogen-bond donors (Lipinski definition) is 1. The Kier molecular flexibility index (Phi) is 4.87. The molecule has 114 valence electrons. The van der Waals surface area contributed by atoms with Gasteiger partial charge in [0.25, 0.3) is 0 Å². The van der Waals surface area contributed by atoms with Crippen LogP contribution in [0.15, 0.2) is 16.6 Å². The number of hydrogen-bond acceptors (Lipinski definition) is 2. The van der Waals surface area contributed by atoms with Crippen LogP contribution in [0.3, 0.4) is 0 Å². The minimum atomic E-state index is -0.837. The molecule has 0 heterocycles. The third-order valence-corrected chi connectivity index (χ3v) is 5.52. The average molecular weight is 353 g/mol. The van der Waals surface area contributed by atoms with Gasteiger partial charge in [0.15, 0.2) is 5.78 Å². The highest BCUT2D eigenvalue weighted by Crippen LogP contribution is 2.40. The highest BCUT2D eigenvalue weighted by Gasteiger charge is 2.42. The van der Waals surface area contributed by atoms with Crippen LogP contribution in [0.25, 0.3) is 0 Å². The largest absolute Gasteiger partial charge is 0.481 e. The van der Waals surface area contributed by atoms with Crippen molar-refractivity contribution in [3.63, 3.8) is 0 Å². The summed E-state index contributed by atoms with van der Waals surface area (Å²) in [5, 5.41) is 9.40. The van der Waals surface area contributed by atoms with E-state index in [-0.39, 0.29) is 11.7 Å². The van der Waals surface area contributed by atoms with Crippen LogP contribution in [0.5, 0.6) is 0 Å². The van der Waals surface area contributed by atoms with Crippen LogP contribution >= 0.6 is 15.9 Å². The van der Waals surface area contributed by atoms with Crippen molar-refractivity contribution in [3.8, 4) is 0 Å². The average Bonchev–Trinajstić information content (AvgIpc) is 2.86. The zero-order valence-electron chi connectivity index (χ0n) is 12.6. The Bertz CT molecular complexity index is 580. The van der Waals surface area contributed by atoms with Crippen LogP contribution < -0.4 is 0 Å². The first-order valence-corrected chi connectivity index (χ1v) is 8.18. The third-order valence-electron chi connectivity index (χ3n) is 4.66. The molecule has 0 spiro atoms. The molecule has 1 N–H and O–H groups in total. The van der Waals surface area contributed by atoms with E-state index in [1.165, 1.54) is 0 Å². The number of benzene rings is 1. The number of carboxylic acids is 1. The molecule has 0 aromatic heterocycles. The van der Waals surface area contributed by atoms with Crippen molar-refractivity contribution in [2.75, 3.05) is 0 Å². The lowest BCUT2D eigenvalue weighted by Gasteiger charge is -2.16. The van der Waals surface area contributed by atoms with E-state index in [2.05, 4.69) is 22.9 Å². The number of aryl methyl sites for hydroxylation is 2. The van der Waals surface area contributed by atoms with E-state index in [1.54, 1.807) is 0 Å². The number of ketones is 1. The van der Waals surface area contributed by atoms with E-state index >= 15 is 0 Å². The summed E-state index contributed by atoms with van der Waals surface area (Å²) in [6.45, 7) is 5.91. The minimum Gasteiger partial charge on any atom is -0.481 e. The van der Waals surface area contributed by atoms with Crippen molar-refractivity contribution < 1.29 is 14.7 Å². The Morgan fingerprint density at radius 3 is 2.38 bits per heavy atom. The molecule has 1 saturated carbocycles. The molecule has 1 aromatic rings. The molecule has 0 aliphatic heterocycles. The highest BCUT2D eigenvalue weighted by molar-refractivity contribution is 9.10. The van der Waals surface area contributed by atoms with Gasteiger partial charge in [0.05, 0.1) is 5.92 Å². The lowest BCUT2D eigenvalue weighted by molar-refractivity contribution is -0.142. The molecule has 0 saturated heterocycles. The summed E-state index contributed by atoms with van der Waals surface area (Å²) < 4.78 is 0.976. The Labute approximate surface area is 133 Å². The Morgan fingerprint density at radius 1 is 1.19 bits per heavy atom. The van der Waals surface area contributed by atoms with Crippen molar-refractivity contribution in [1.82, 2.24) is 0 Å². The van der Waals surface area contributed by atoms with Crippen molar-refractivity contribution in [2.45, 2.75) is 40.0 Å². The van der Waals surface area contributed by atoms with Crippen LogP contribution in [-0.2, 0) is 4.79 Å². The summed E-state index contributed by atoms with van der Waals surface area (Å²) in [7, 11) is 0. The second-order valence-corrected chi connectivity index (χ2v) is 6.93. The van der Waals surface area contributed by atoms with E-state index in [4.69, 9.17) is 0 Å². The molecule has 1 aromatic carbocycles. The SMILES string of the molecule is CCC1CC(C(=O)O)C(C(=O)c2cc(C)c(Br)cc2C)C1. The summed E-state index contributed by atoms with van der Waals surface area (Å²) in [4.78, 5) is 24.3. The molecule has 2 rings (SSSR count). The molecule has 3 unspecified atom stereocenters. The van der Waals surface area contributed by atoms with E-state index in [0.29, 0.717) is 24.3 Å². The van der Waals surface area contributed by atoms with Gasteiger partial charge in [-0.05, 0) is 55.9 Å². The van der Waals surface area contributed by atoms with E-state index in [9.17, 15) is 14.7 Å². The Balaban J connectivity index is 2.34. The van der Waals surface area contributed by atoms with Crippen LogP contribution in [0.1, 0.15) is 47.7 Å². The smallest absolute Gasteiger partial charge is 0.307 e. The van der Waals surface area contributed by atoms with Gasteiger partial charge in [-0.1, -0.05) is 29.3 Å². The maximum atomic E-state index is 12.8. The fourth-order valence-electron chi connectivity index (χ4n) is 3.29. The molecule has 3 atom stereocenters. The third kappa shape index (κ3) is 3.20. The number of carbonyl (C=O) groups is 2. The zero-order valence-corrected chi connectivity index (χ0v) is 14.2. The fourth-order valence-corrected chi connectivity index (χ4v) is 3.74. The quantitative estimate of drug-likeness (QED) is 0.817. The van der Waals surface area contributed by atoms with E-state index in [0.717, 1.165) is 22.0 Å². The predicted octanol–water partition coefficient (Wildman–Crippen LogP) is 4.39. The number of aliphatic carboxylic acids is 1. The summed E-state index contributed by atoms with van der Waals surface area (Å²) in [6.07, 6.45) is 2.25. The molecule has 4 heteroatoms. The molecule has 1 fully saturated rings. The summed E-state index contributed by atoms with van der Waals surface area (Å²) >= 11 is 3.46. The lowest BCUT2D eigenvalue weighted by atomic mass is 9.86. The predicted molar refractivity (Wildman–Crippen MR) is 85.6 cm³/mol. The second-order valence-electron chi connectivity index (χ2n) is 6.08. The second kappa shape index (κ2) is 6.30. The molecule has 0 amide bonds. The minimum absolute atomic E-state index is 0.00792. The van der Waals surface area contributed by atoms with Gasteiger partial charge in [-0.15, -0.1) is 0 Å². The fraction of sp³-hybridized carbons (Fsp3) is 0.529. The van der Waals surface area contributed by atoms with Crippen molar-refractivity contribution in [3.05, 3.63) is 33.3 Å². The number of Topliss-reactive ketones (excluding diaryl/α,β-unsaturated/α-hetero) is 1. The molecule has 3 nitrogen and oxygen atoms in total. The first-order valence-electron chi connectivity index (χ1n) is 7.38. The normalized spacial score (nSPS) is 25.0.